The predicted molar refractivity (Wildman–Crippen MR) is 91.4 cm³/mol. The smallest absolute Gasteiger partial charge is 0.227 e. The quantitative estimate of drug-likeness (QED) is 0.790. The Kier molecular flexibility index (Phi) is 5.56. The van der Waals surface area contributed by atoms with Gasteiger partial charge in [0.05, 0.1) is 19.4 Å². The van der Waals surface area contributed by atoms with Crippen LogP contribution in [0.4, 0.5) is 11.8 Å². The van der Waals surface area contributed by atoms with Crippen molar-refractivity contribution >= 4 is 23.4 Å². The summed E-state index contributed by atoms with van der Waals surface area (Å²) in [7, 11) is 4.05. The standard InChI is InChI=1S/C16H25ClN4O2/c1-20(8-12-3-5-22-10-12)15-14(17)7-18-16(19-15)21(2)9-13-4-6-23-11-13/h7,12-13H,3-6,8-11H2,1-2H3/t12-,13+/m1/s1. The molecular formula is C16H25ClN4O2. The van der Waals surface area contributed by atoms with Crippen LogP contribution in [0.25, 0.3) is 0 Å². The molecular weight excluding hydrogens is 316 g/mol. The SMILES string of the molecule is CN(C[C@@H]1CCOC1)c1ncc(Cl)c(N(C)C[C@H]2CCOC2)n1. The summed E-state index contributed by atoms with van der Waals surface area (Å²) in [6, 6.07) is 0. The van der Waals surface area contributed by atoms with Gasteiger partial charge in [0.2, 0.25) is 5.95 Å². The van der Waals surface area contributed by atoms with Crippen LogP contribution in [-0.2, 0) is 9.47 Å². The van der Waals surface area contributed by atoms with Crippen LogP contribution >= 0.6 is 11.6 Å². The Balaban J connectivity index is 1.67. The normalized spacial score (nSPS) is 24.1. The van der Waals surface area contributed by atoms with E-state index in [0.29, 0.717) is 22.8 Å². The first-order chi connectivity index (χ1) is 11.1. The van der Waals surface area contributed by atoms with Crippen LogP contribution in [0.1, 0.15) is 12.8 Å². The second-order valence-electron chi connectivity index (χ2n) is 6.56. The molecule has 128 valence electrons. The van der Waals surface area contributed by atoms with E-state index < -0.39 is 0 Å². The second kappa shape index (κ2) is 7.64. The van der Waals surface area contributed by atoms with Gasteiger partial charge in [0.15, 0.2) is 5.82 Å². The van der Waals surface area contributed by atoms with E-state index in [2.05, 4.69) is 19.8 Å². The summed E-state index contributed by atoms with van der Waals surface area (Å²) in [4.78, 5) is 13.3. The highest BCUT2D eigenvalue weighted by Gasteiger charge is 2.22. The summed E-state index contributed by atoms with van der Waals surface area (Å²) in [5, 5.41) is 0.591. The highest BCUT2D eigenvalue weighted by molar-refractivity contribution is 6.32. The fourth-order valence-corrected chi connectivity index (χ4v) is 3.43. The zero-order valence-electron chi connectivity index (χ0n) is 13.9. The zero-order chi connectivity index (χ0) is 16.2. The Morgan fingerprint density at radius 3 is 2.26 bits per heavy atom. The number of hydrogen-bond donors (Lipinski definition) is 0. The third-order valence-electron chi connectivity index (χ3n) is 4.53. The van der Waals surface area contributed by atoms with Gasteiger partial charge in [-0.05, 0) is 12.8 Å². The summed E-state index contributed by atoms with van der Waals surface area (Å²) in [6.07, 6.45) is 3.90. The molecule has 1 aromatic heterocycles. The molecule has 3 heterocycles. The highest BCUT2D eigenvalue weighted by atomic mass is 35.5. The molecule has 0 aliphatic carbocycles. The van der Waals surface area contributed by atoms with Gasteiger partial charge in [-0.3, -0.25) is 0 Å². The molecule has 3 rings (SSSR count). The van der Waals surface area contributed by atoms with Crippen LogP contribution in [0, 0.1) is 11.8 Å². The van der Waals surface area contributed by atoms with Crippen molar-refractivity contribution in [2.45, 2.75) is 12.8 Å². The number of aromatic nitrogens is 2. The van der Waals surface area contributed by atoms with Gasteiger partial charge in [0.1, 0.15) is 5.02 Å². The van der Waals surface area contributed by atoms with Crippen LogP contribution < -0.4 is 9.80 Å². The van der Waals surface area contributed by atoms with E-state index in [0.717, 1.165) is 58.2 Å². The third-order valence-corrected chi connectivity index (χ3v) is 4.79. The van der Waals surface area contributed by atoms with E-state index in [1.54, 1.807) is 6.20 Å². The summed E-state index contributed by atoms with van der Waals surface area (Å²) in [5.41, 5.74) is 0. The van der Waals surface area contributed by atoms with Crippen LogP contribution in [0.2, 0.25) is 5.02 Å². The molecule has 0 unspecified atom stereocenters. The number of hydrogen-bond acceptors (Lipinski definition) is 6. The van der Waals surface area contributed by atoms with Gasteiger partial charge in [-0.2, -0.15) is 4.98 Å². The van der Waals surface area contributed by atoms with Crippen molar-refractivity contribution in [1.29, 1.82) is 0 Å². The average Bonchev–Trinajstić information content (AvgIpc) is 3.21. The minimum atomic E-state index is 0.544. The number of rotatable bonds is 6. The number of halogens is 1. The minimum absolute atomic E-state index is 0.544. The van der Waals surface area contributed by atoms with Gasteiger partial charge in [0, 0.05) is 52.2 Å². The van der Waals surface area contributed by atoms with Gasteiger partial charge in [-0.25, -0.2) is 4.98 Å². The van der Waals surface area contributed by atoms with Gasteiger partial charge in [-0.15, -0.1) is 0 Å². The molecule has 2 fully saturated rings. The predicted octanol–water partition coefficient (Wildman–Crippen LogP) is 2.08. The lowest BCUT2D eigenvalue weighted by molar-refractivity contribution is 0.186. The van der Waals surface area contributed by atoms with E-state index in [9.17, 15) is 0 Å². The first kappa shape index (κ1) is 16.7. The molecule has 0 N–H and O–H groups in total. The first-order valence-corrected chi connectivity index (χ1v) is 8.61. The molecule has 2 aliphatic heterocycles. The molecule has 0 saturated carbocycles. The molecule has 0 amide bonds. The molecule has 2 atom stereocenters. The van der Waals surface area contributed by atoms with Crippen molar-refractivity contribution in [3.05, 3.63) is 11.2 Å². The lowest BCUT2D eigenvalue weighted by Crippen LogP contribution is -2.30. The van der Waals surface area contributed by atoms with Crippen LogP contribution in [-0.4, -0.2) is 63.6 Å². The van der Waals surface area contributed by atoms with E-state index >= 15 is 0 Å². The van der Waals surface area contributed by atoms with Crippen molar-refractivity contribution in [1.82, 2.24) is 9.97 Å². The van der Waals surface area contributed by atoms with Crippen molar-refractivity contribution in [3.8, 4) is 0 Å². The van der Waals surface area contributed by atoms with E-state index in [1.807, 2.05) is 14.1 Å². The van der Waals surface area contributed by atoms with Crippen LogP contribution in [0.5, 0.6) is 0 Å². The molecule has 7 heteroatoms. The monoisotopic (exact) mass is 340 g/mol. The summed E-state index contributed by atoms with van der Waals surface area (Å²) >= 11 is 6.32. The highest BCUT2D eigenvalue weighted by Crippen LogP contribution is 2.26. The lowest BCUT2D eigenvalue weighted by atomic mass is 10.1. The van der Waals surface area contributed by atoms with E-state index in [1.165, 1.54) is 0 Å². The second-order valence-corrected chi connectivity index (χ2v) is 6.97. The van der Waals surface area contributed by atoms with Gasteiger partial charge < -0.3 is 19.3 Å². The maximum atomic E-state index is 6.32. The first-order valence-electron chi connectivity index (χ1n) is 8.23. The van der Waals surface area contributed by atoms with Gasteiger partial charge >= 0.3 is 0 Å². The Labute approximate surface area is 142 Å². The van der Waals surface area contributed by atoms with Crippen molar-refractivity contribution in [2.24, 2.45) is 11.8 Å². The van der Waals surface area contributed by atoms with Gasteiger partial charge in [0.25, 0.3) is 0 Å². The van der Waals surface area contributed by atoms with Gasteiger partial charge in [-0.1, -0.05) is 11.6 Å². The maximum Gasteiger partial charge on any atom is 0.227 e. The van der Waals surface area contributed by atoms with Crippen molar-refractivity contribution in [3.63, 3.8) is 0 Å². The number of nitrogens with zero attached hydrogens (tertiary/aromatic N) is 4. The molecule has 6 nitrogen and oxygen atoms in total. The fourth-order valence-electron chi connectivity index (χ4n) is 3.20. The average molecular weight is 341 g/mol. The lowest BCUT2D eigenvalue weighted by Gasteiger charge is -2.25. The molecule has 2 aliphatic rings. The Morgan fingerprint density at radius 1 is 1.09 bits per heavy atom. The van der Waals surface area contributed by atoms with Crippen LogP contribution in [0.3, 0.4) is 0 Å². The third kappa shape index (κ3) is 4.25. The number of ether oxygens (including phenoxy) is 2. The molecule has 0 bridgehead atoms. The molecule has 0 spiro atoms. The molecule has 0 radical (unpaired) electrons. The fraction of sp³-hybridized carbons (Fsp3) is 0.750. The molecule has 1 aromatic rings. The van der Waals surface area contributed by atoms with Crippen molar-refractivity contribution in [2.75, 3.05) is 63.4 Å². The maximum absolute atomic E-state index is 6.32. The molecule has 2 saturated heterocycles. The Bertz CT molecular complexity index is 519. The zero-order valence-corrected chi connectivity index (χ0v) is 14.6. The molecule has 0 aromatic carbocycles. The summed E-state index contributed by atoms with van der Waals surface area (Å²) in [6.45, 7) is 5.16. The van der Waals surface area contributed by atoms with E-state index in [4.69, 9.17) is 21.1 Å². The number of anilines is 2. The minimum Gasteiger partial charge on any atom is -0.381 e. The summed E-state index contributed by atoms with van der Waals surface area (Å²) < 4.78 is 10.9. The Morgan fingerprint density at radius 2 is 1.70 bits per heavy atom. The largest absolute Gasteiger partial charge is 0.381 e. The Hall–Kier alpha value is -1.11. The molecule has 23 heavy (non-hydrogen) atoms. The summed E-state index contributed by atoms with van der Waals surface area (Å²) in [5.74, 6) is 2.60. The van der Waals surface area contributed by atoms with Crippen LogP contribution in [0.15, 0.2) is 6.20 Å². The topological polar surface area (TPSA) is 50.7 Å². The van der Waals surface area contributed by atoms with Crippen molar-refractivity contribution < 1.29 is 9.47 Å². The van der Waals surface area contributed by atoms with E-state index in [-0.39, 0.29) is 0 Å².